The van der Waals surface area contributed by atoms with Crippen LogP contribution in [0.4, 0.5) is 0 Å². The van der Waals surface area contributed by atoms with Crippen molar-refractivity contribution in [3.63, 3.8) is 0 Å². The number of halogens is 1. The highest BCUT2D eigenvalue weighted by molar-refractivity contribution is 7.21. The standard InChI is InChI=1S/C16H15ClN6S/c1-9(2)23-6-4-11(21-23)12-8-10-13(17)19-14(20-16(10)24-12)15-18-5-7-22(15)3/h4-9H,1-3H3. The van der Waals surface area contributed by atoms with Gasteiger partial charge in [-0.05, 0) is 26.0 Å². The molecule has 24 heavy (non-hydrogen) atoms. The van der Waals surface area contributed by atoms with E-state index in [1.807, 2.05) is 40.8 Å². The van der Waals surface area contributed by atoms with Crippen molar-refractivity contribution in [2.24, 2.45) is 7.05 Å². The summed E-state index contributed by atoms with van der Waals surface area (Å²) in [5, 5.41) is 5.89. The molecule has 4 aromatic rings. The van der Waals surface area contributed by atoms with Gasteiger partial charge in [0, 0.05) is 37.1 Å². The van der Waals surface area contributed by atoms with E-state index in [1.165, 1.54) is 0 Å². The van der Waals surface area contributed by atoms with Gasteiger partial charge in [-0.2, -0.15) is 5.10 Å². The third-order valence-electron chi connectivity index (χ3n) is 3.76. The van der Waals surface area contributed by atoms with Gasteiger partial charge in [0.25, 0.3) is 0 Å². The molecule has 0 spiro atoms. The number of rotatable bonds is 3. The molecule has 4 aromatic heterocycles. The number of hydrogen-bond acceptors (Lipinski definition) is 5. The molecule has 6 nitrogen and oxygen atoms in total. The second-order valence-corrected chi connectivity index (χ2v) is 7.19. The summed E-state index contributed by atoms with van der Waals surface area (Å²) in [4.78, 5) is 15.2. The minimum absolute atomic E-state index is 0.325. The number of aromatic nitrogens is 6. The van der Waals surface area contributed by atoms with E-state index in [-0.39, 0.29) is 0 Å². The third-order valence-corrected chi connectivity index (χ3v) is 5.10. The number of imidazole rings is 1. The van der Waals surface area contributed by atoms with Crippen molar-refractivity contribution in [3.8, 4) is 22.2 Å². The minimum atomic E-state index is 0.325. The molecule has 0 aromatic carbocycles. The van der Waals surface area contributed by atoms with Crippen molar-refractivity contribution >= 4 is 33.2 Å². The van der Waals surface area contributed by atoms with Gasteiger partial charge in [0.05, 0.1) is 4.88 Å². The van der Waals surface area contributed by atoms with Gasteiger partial charge < -0.3 is 4.57 Å². The highest BCUT2D eigenvalue weighted by Gasteiger charge is 2.16. The zero-order chi connectivity index (χ0) is 16.8. The fourth-order valence-electron chi connectivity index (χ4n) is 2.45. The zero-order valence-corrected chi connectivity index (χ0v) is 15.0. The van der Waals surface area contributed by atoms with E-state index in [0.717, 1.165) is 20.8 Å². The number of aryl methyl sites for hydroxylation is 1. The molecule has 0 fully saturated rings. The average molecular weight is 359 g/mol. The van der Waals surface area contributed by atoms with Crippen LogP contribution in [0.25, 0.3) is 32.4 Å². The summed E-state index contributed by atoms with van der Waals surface area (Å²) in [6.07, 6.45) is 5.56. The third kappa shape index (κ3) is 2.50. The van der Waals surface area contributed by atoms with Crippen LogP contribution >= 0.6 is 22.9 Å². The number of hydrogen-bond donors (Lipinski definition) is 0. The summed E-state index contributed by atoms with van der Waals surface area (Å²) in [5.41, 5.74) is 0.918. The lowest BCUT2D eigenvalue weighted by molar-refractivity contribution is 0.534. The van der Waals surface area contributed by atoms with Crippen molar-refractivity contribution in [1.29, 1.82) is 0 Å². The van der Waals surface area contributed by atoms with Crippen LogP contribution in [-0.4, -0.2) is 29.3 Å². The first-order chi connectivity index (χ1) is 11.5. The van der Waals surface area contributed by atoms with Gasteiger partial charge in [0.1, 0.15) is 15.7 Å². The Kier molecular flexibility index (Phi) is 3.62. The molecule has 4 heterocycles. The van der Waals surface area contributed by atoms with Crippen LogP contribution in [0.5, 0.6) is 0 Å². The Morgan fingerprint density at radius 1 is 1.21 bits per heavy atom. The monoisotopic (exact) mass is 358 g/mol. The normalized spacial score (nSPS) is 11.7. The Morgan fingerprint density at radius 2 is 2.04 bits per heavy atom. The quantitative estimate of drug-likeness (QED) is 0.515. The molecule has 0 atom stereocenters. The molecule has 0 saturated carbocycles. The fourth-order valence-corrected chi connectivity index (χ4v) is 3.73. The lowest BCUT2D eigenvalue weighted by Crippen LogP contribution is -2.00. The predicted octanol–water partition coefficient (Wildman–Crippen LogP) is 4.19. The largest absolute Gasteiger partial charge is 0.331 e. The van der Waals surface area contributed by atoms with Crippen LogP contribution < -0.4 is 0 Å². The highest BCUT2D eigenvalue weighted by Crippen LogP contribution is 2.35. The minimum Gasteiger partial charge on any atom is -0.331 e. The predicted molar refractivity (Wildman–Crippen MR) is 96.2 cm³/mol. The average Bonchev–Trinajstić information content (AvgIpc) is 3.24. The number of fused-ring (bicyclic) bond motifs is 1. The van der Waals surface area contributed by atoms with E-state index >= 15 is 0 Å². The van der Waals surface area contributed by atoms with E-state index in [2.05, 4.69) is 33.9 Å². The highest BCUT2D eigenvalue weighted by atomic mass is 35.5. The van der Waals surface area contributed by atoms with Crippen LogP contribution in [0.2, 0.25) is 5.15 Å². The molecule has 0 bridgehead atoms. The van der Waals surface area contributed by atoms with E-state index in [4.69, 9.17) is 11.6 Å². The topological polar surface area (TPSA) is 61.4 Å². The van der Waals surface area contributed by atoms with Gasteiger partial charge in [0.15, 0.2) is 11.6 Å². The molecule has 0 amide bonds. The van der Waals surface area contributed by atoms with Crippen molar-refractivity contribution in [2.75, 3.05) is 0 Å². The first kappa shape index (κ1) is 15.3. The first-order valence-corrected chi connectivity index (χ1v) is 8.72. The first-order valence-electron chi connectivity index (χ1n) is 7.53. The second-order valence-electron chi connectivity index (χ2n) is 5.80. The van der Waals surface area contributed by atoms with Gasteiger partial charge in [-0.25, -0.2) is 15.0 Å². The zero-order valence-electron chi connectivity index (χ0n) is 13.4. The van der Waals surface area contributed by atoms with Crippen molar-refractivity contribution in [1.82, 2.24) is 29.3 Å². The van der Waals surface area contributed by atoms with Gasteiger partial charge in [0.2, 0.25) is 0 Å². The van der Waals surface area contributed by atoms with Gasteiger partial charge >= 0.3 is 0 Å². The Bertz CT molecular complexity index is 1030. The maximum absolute atomic E-state index is 6.38. The van der Waals surface area contributed by atoms with Gasteiger partial charge in [-0.15, -0.1) is 11.3 Å². The summed E-state index contributed by atoms with van der Waals surface area (Å²) < 4.78 is 3.81. The molecule has 0 N–H and O–H groups in total. The maximum atomic E-state index is 6.38. The number of thiophene rings is 1. The molecule has 0 unspecified atom stereocenters. The molecule has 0 radical (unpaired) electrons. The summed E-state index contributed by atoms with van der Waals surface area (Å²) in [7, 11) is 1.90. The SMILES string of the molecule is CC(C)n1ccc(-c2cc3c(Cl)nc(-c4nccn4C)nc3s2)n1. The maximum Gasteiger partial charge on any atom is 0.198 e. The lowest BCUT2D eigenvalue weighted by atomic mass is 10.3. The fraction of sp³-hybridized carbons (Fsp3) is 0.250. The molecular weight excluding hydrogens is 344 g/mol. The van der Waals surface area contributed by atoms with E-state index in [1.54, 1.807) is 17.5 Å². The van der Waals surface area contributed by atoms with Crippen LogP contribution in [-0.2, 0) is 7.05 Å². The van der Waals surface area contributed by atoms with Gasteiger partial charge in [-0.1, -0.05) is 11.6 Å². The van der Waals surface area contributed by atoms with Crippen LogP contribution in [0.1, 0.15) is 19.9 Å². The van der Waals surface area contributed by atoms with E-state index in [0.29, 0.717) is 22.8 Å². The summed E-state index contributed by atoms with van der Waals surface area (Å²) in [6.45, 7) is 4.20. The Labute approximate surface area is 147 Å². The molecular formula is C16H15ClN6S. The summed E-state index contributed by atoms with van der Waals surface area (Å²) in [5.74, 6) is 1.22. The molecule has 0 aliphatic heterocycles. The molecule has 0 saturated heterocycles. The molecule has 122 valence electrons. The molecule has 4 rings (SSSR count). The number of nitrogens with zero attached hydrogens (tertiary/aromatic N) is 6. The van der Waals surface area contributed by atoms with Crippen LogP contribution in [0.15, 0.2) is 30.7 Å². The molecule has 8 heteroatoms. The second kappa shape index (κ2) is 5.68. The van der Waals surface area contributed by atoms with E-state index in [9.17, 15) is 0 Å². The van der Waals surface area contributed by atoms with Crippen molar-refractivity contribution in [2.45, 2.75) is 19.9 Å². The summed E-state index contributed by atoms with van der Waals surface area (Å²) >= 11 is 7.94. The molecule has 0 aliphatic carbocycles. The Hall–Kier alpha value is -2.25. The Balaban J connectivity index is 1.83. The smallest absolute Gasteiger partial charge is 0.198 e. The van der Waals surface area contributed by atoms with Crippen LogP contribution in [0.3, 0.4) is 0 Å². The van der Waals surface area contributed by atoms with E-state index < -0.39 is 0 Å². The molecule has 0 aliphatic rings. The van der Waals surface area contributed by atoms with Crippen molar-refractivity contribution < 1.29 is 0 Å². The van der Waals surface area contributed by atoms with Crippen molar-refractivity contribution in [3.05, 3.63) is 35.9 Å². The lowest BCUT2D eigenvalue weighted by Gasteiger charge is -2.02. The summed E-state index contributed by atoms with van der Waals surface area (Å²) in [6, 6.07) is 4.33. The Morgan fingerprint density at radius 3 is 2.71 bits per heavy atom. The van der Waals surface area contributed by atoms with Gasteiger partial charge in [-0.3, -0.25) is 4.68 Å². The van der Waals surface area contributed by atoms with Crippen LogP contribution in [0, 0.1) is 0 Å².